The minimum Gasteiger partial charge on any atom is -0.504 e. The number of carbonyl (C=O) groups excluding carboxylic acids is 1. The molecule has 26 heavy (non-hydrogen) atoms. The summed E-state index contributed by atoms with van der Waals surface area (Å²) >= 11 is 3.53. The molecular weight excluding hydrogens is 398 g/mol. The Morgan fingerprint density at radius 2 is 1.85 bits per heavy atom. The molecule has 0 amide bonds. The lowest BCUT2D eigenvalue weighted by Crippen LogP contribution is -2.45. The van der Waals surface area contributed by atoms with Crippen molar-refractivity contribution in [1.82, 2.24) is 0 Å². The SMILES string of the molecule is O=C(c1ccc(O)c(O)c1)C(Br)N1C2=NCCCCN2c2ccccc21. The van der Waals surface area contributed by atoms with Crippen LogP contribution in [0.25, 0.3) is 0 Å². The summed E-state index contributed by atoms with van der Waals surface area (Å²) < 4.78 is 0. The van der Waals surface area contributed by atoms with Gasteiger partial charge in [0.1, 0.15) is 0 Å². The van der Waals surface area contributed by atoms with Crippen LogP contribution in [0.1, 0.15) is 23.2 Å². The Morgan fingerprint density at radius 1 is 1.08 bits per heavy atom. The van der Waals surface area contributed by atoms with Crippen molar-refractivity contribution < 1.29 is 15.0 Å². The van der Waals surface area contributed by atoms with Crippen LogP contribution in [0, 0.1) is 0 Å². The van der Waals surface area contributed by atoms with Crippen LogP contribution in [0.4, 0.5) is 11.4 Å². The van der Waals surface area contributed by atoms with Crippen LogP contribution >= 0.6 is 15.9 Å². The van der Waals surface area contributed by atoms with Crippen LogP contribution < -0.4 is 9.80 Å². The molecule has 7 heteroatoms. The molecule has 1 unspecified atom stereocenters. The van der Waals surface area contributed by atoms with Gasteiger partial charge in [-0.3, -0.25) is 14.7 Å². The lowest BCUT2D eigenvalue weighted by molar-refractivity contribution is 0.0993. The summed E-state index contributed by atoms with van der Waals surface area (Å²) in [4.78, 5) is 21.1. The molecule has 0 aliphatic carbocycles. The third kappa shape index (κ3) is 2.72. The van der Waals surface area contributed by atoms with Gasteiger partial charge < -0.3 is 15.1 Å². The van der Waals surface area contributed by atoms with E-state index in [-0.39, 0.29) is 17.3 Å². The van der Waals surface area contributed by atoms with Crippen molar-refractivity contribution in [3.05, 3.63) is 48.0 Å². The summed E-state index contributed by atoms with van der Waals surface area (Å²) in [6.45, 7) is 1.59. The Kier molecular flexibility index (Phi) is 4.32. The number of rotatable bonds is 3. The molecule has 2 heterocycles. The highest BCUT2D eigenvalue weighted by atomic mass is 79.9. The van der Waals surface area contributed by atoms with E-state index >= 15 is 0 Å². The molecule has 2 aromatic rings. The van der Waals surface area contributed by atoms with E-state index in [0.717, 1.165) is 43.3 Å². The van der Waals surface area contributed by atoms with Crippen molar-refractivity contribution in [3.63, 3.8) is 0 Å². The fourth-order valence-corrected chi connectivity index (χ4v) is 4.01. The third-order valence-electron chi connectivity index (χ3n) is 4.63. The molecule has 2 aliphatic rings. The standard InChI is InChI=1S/C19H18BrN3O3/c20-18(17(26)12-7-8-15(24)16(25)11-12)23-14-6-2-1-5-13(14)22-10-4-3-9-21-19(22)23/h1-2,5-8,11,18,24-25H,3-4,9-10H2. The van der Waals surface area contributed by atoms with E-state index in [4.69, 9.17) is 4.99 Å². The number of halogens is 1. The van der Waals surface area contributed by atoms with Gasteiger partial charge in [-0.1, -0.05) is 28.1 Å². The predicted octanol–water partition coefficient (Wildman–Crippen LogP) is 3.48. The van der Waals surface area contributed by atoms with Crippen molar-refractivity contribution in [2.75, 3.05) is 22.9 Å². The highest BCUT2D eigenvalue weighted by Gasteiger charge is 2.39. The Morgan fingerprint density at radius 3 is 2.62 bits per heavy atom. The van der Waals surface area contributed by atoms with E-state index in [9.17, 15) is 15.0 Å². The molecular formula is C19H18BrN3O3. The molecule has 0 radical (unpaired) electrons. The zero-order chi connectivity index (χ0) is 18.3. The Bertz CT molecular complexity index is 899. The molecule has 6 nitrogen and oxygen atoms in total. The third-order valence-corrected chi connectivity index (χ3v) is 5.46. The molecule has 0 saturated carbocycles. The van der Waals surface area contributed by atoms with Crippen molar-refractivity contribution in [1.29, 1.82) is 0 Å². The number of hydrogen-bond acceptors (Lipinski definition) is 6. The van der Waals surface area contributed by atoms with Gasteiger partial charge in [-0.25, -0.2) is 0 Å². The van der Waals surface area contributed by atoms with Crippen LogP contribution in [0.5, 0.6) is 11.5 Å². The Balaban J connectivity index is 1.74. The molecule has 0 aromatic heterocycles. The van der Waals surface area contributed by atoms with E-state index in [0.29, 0.717) is 5.56 Å². The number of aliphatic imine (C=N–C) groups is 1. The summed E-state index contributed by atoms with van der Waals surface area (Å²) in [5, 5.41) is 19.2. The molecule has 1 atom stereocenters. The van der Waals surface area contributed by atoms with Gasteiger partial charge in [0.15, 0.2) is 22.2 Å². The molecule has 0 fully saturated rings. The number of hydrogen-bond donors (Lipinski definition) is 2. The molecule has 2 aliphatic heterocycles. The van der Waals surface area contributed by atoms with Crippen LogP contribution in [0.3, 0.4) is 0 Å². The number of aromatic hydroxyl groups is 2. The first-order valence-electron chi connectivity index (χ1n) is 8.48. The van der Waals surface area contributed by atoms with Gasteiger partial charge in [-0.05, 0) is 43.2 Å². The van der Waals surface area contributed by atoms with Crippen LogP contribution in [-0.2, 0) is 0 Å². The average molecular weight is 416 g/mol. The van der Waals surface area contributed by atoms with Crippen LogP contribution in [-0.4, -0.2) is 40.0 Å². The van der Waals surface area contributed by atoms with Gasteiger partial charge in [0.25, 0.3) is 0 Å². The molecule has 0 bridgehead atoms. The minimum absolute atomic E-state index is 0.219. The normalized spacial score (nSPS) is 17.2. The summed E-state index contributed by atoms with van der Waals surface area (Å²) in [7, 11) is 0. The maximum atomic E-state index is 13.0. The summed E-state index contributed by atoms with van der Waals surface area (Å²) in [5.41, 5.74) is 2.28. The van der Waals surface area contributed by atoms with Gasteiger partial charge in [-0.15, -0.1) is 0 Å². The number of ketones is 1. The van der Waals surface area contributed by atoms with Crippen LogP contribution in [0.15, 0.2) is 47.5 Å². The maximum Gasteiger partial charge on any atom is 0.207 e. The summed E-state index contributed by atoms with van der Waals surface area (Å²) in [6, 6.07) is 12.0. The molecule has 2 N–H and O–H groups in total. The van der Waals surface area contributed by atoms with Gasteiger partial charge in [0.2, 0.25) is 5.96 Å². The highest BCUT2D eigenvalue weighted by Crippen LogP contribution is 2.41. The Hall–Kier alpha value is -2.54. The monoisotopic (exact) mass is 415 g/mol. The Labute approximate surface area is 159 Å². The zero-order valence-electron chi connectivity index (χ0n) is 14.0. The smallest absolute Gasteiger partial charge is 0.207 e. The lowest BCUT2D eigenvalue weighted by Gasteiger charge is -2.26. The predicted molar refractivity (Wildman–Crippen MR) is 105 cm³/mol. The molecule has 0 saturated heterocycles. The van der Waals surface area contributed by atoms with Crippen molar-refractivity contribution in [2.24, 2.45) is 4.99 Å². The first-order valence-corrected chi connectivity index (χ1v) is 9.40. The second-order valence-corrected chi connectivity index (χ2v) is 7.17. The number of para-hydroxylation sites is 2. The highest BCUT2D eigenvalue weighted by molar-refractivity contribution is 9.10. The molecule has 0 spiro atoms. The fourth-order valence-electron chi connectivity index (χ4n) is 3.34. The number of fused-ring (bicyclic) bond motifs is 3. The number of benzene rings is 2. The number of phenols is 2. The summed E-state index contributed by atoms with van der Waals surface area (Å²) in [5.74, 6) is -0.0184. The first kappa shape index (κ1) is 16.9. The van der Waals surface area contributed by atoms with E-state index in [1.807, 2.05) is 29.2 Å². The maximum absolute atomic E-state index is 13.0. The number of nitrogens with zero attached hydrogens (tertiary/aromatic N) is 3. The topological polar surface area (TPSA) is 76.4 Å². The van der Waals surface area contributed by atoms with E-state index < -0.39 is 4.95 Å². The fraction of sp³-hybridized carbons (Fsp3) is 0.263. The average Bonchev–Trinajstić information content (AvgIpc) is 2.79. The zero-order valence-corrected chi connectivity index (χ0v) is 15.6. The van der Waals surface area contributed by atoms with Gasteiger partial charge >= 0.3 is 0 Å². The lowest BCUT2D eigenvalue weighted by atomic mass is 10.1. The van der Waals surface area contributed by atoms with Crippen molar-refractivity contribution in [2.45, 2.75) is 17.8 Å². The van der Waals surface area contributed by atoms with Gasteiger partial charge in [0.05, 0.1) is 11.4 Å². The number of carbonyl (C=O) groups is 1. The molecule has 4 rings (SSSR count). The quantitative estimate of drug-likeness (QED) is 0.347. The van der Waals surface area contributed by atoms with Crippen LogP contribution in [0.2, 0.25) is 0 Å². The largest absolute Gasteiger partial charge is 0.504 e. The number of anilines is 2. The van der Waals surface area contributed by atoms with Crippen molar-refractivity contribution in [3.8, 4) is 11.5 Å². The van der Waals surface area contributed by atoms with Crippen molar-refractivity contribution >= 4 is 39.0 Å². The first-order chi connectivity index (χ1) is 12.6. The van der Waals surface area contributed by atoms with E-state index in [1.54, 1.807) is 0 Å². The summed E-state index contributed by atoms with van der Waals surface area (Å²) in [6.07, 6.45) is 2.06. The van der Waals surface area contributed by atoms with E-state index in [2.05, 4.69) is 20.8 Å². The minimum atomic E-state index is -0.672. The number of Topliss-reactive ketones (excluding diaryl/α,β-unsaturated/α-hetero) is 1. The number of guanidine groups is 1. The molecule has 2 aromatic carbocycles. The van der Waals surface area contributed by atoms with Gasteiger partial charge in [0, 0.05) is 18.7 Å². The van der Waals surface area contributed by atoms with Gasteiger partial charge in [-0.2, -0.15) is 0 Å². The second-order valence-electron chi connectivity index (χ2n) is 6.30. The second kappa shape index (κ2) is 6.64. The number of alkyl halides is 1. The van der Waals surface area contributed by atoms with E-state index in [1.165, 1.54) is 18.2 Å². The molecule has 134 valence electrons. The number of phenolic OH excluding ortho intramolecular Hbond substituents is 2.